The van der Waals surface area contributed by atoms with Crippen molar-refractivity contribution in [3.05, 3.63) is 23.3 Å². The predicted molar refractivity (Wildman–Crippen MR) is 49.8 cm³/mol. The van der Waals surface area contributed by atoms with Gasteiger partial charge in [0.15, 0.2) is 0 Å². The van der Waals surface area contributed by atoms with Gasteiger partial charge in [0.1, 0.15) is 11.5 Å². The maximum atomic E-state index is 9.52. The van der Waals surface area contributed by atoms with Crippen LogP contribution in [0.2, 0.25) is 0 Å². The summed E-state index contributed by atoms with van der Waals surface area (Å²) in [6.07, 6.45) is 2.46. The van der Waals surface area contributed by atoms with Crippen molar-refractivity contribution in [1.29, 1.82) is 0 Å². The van der Waals surface area contributed by atoms with Crippen molar-refractivity contribution < 1.29 is 10.2 Å². The highest BCUT2D eigenvalue weighted by molar-refractivity contribution is 5.46. The summed E-state index contributed by atoms with van der Waals surface area (Å²) in [6, 6.07) is 3.23. The molecule has 2 rings (SSSR count). The number of fused-ring (bicyclic) bond motifs is 1. The van der Waals surface area contributed by atoms with Crippen LogP contribution in [0.3, 0.4) is 0 Å². The van der Waals surface area contributed by atoms with Gasteiger partial charge in [-0.05, 0) is 36.5 Å². The van der Waals surface area contributed by atoms with Crippen LogP contribution in [0.25, 0.3) is 0 Å². The molecular formula is C10H13NO2. The summed E-state index contributed by atoms with van der Waals surface area (Å²) in [7, 11) is 0. The highest BCUT2D eigenvalue weighted by Gasteiger charge is 2.18. The molecule has 1 aromatic carbocycles. The van der Waals surface area contributed by atoms with E-state index in [1.807, 2.05) is 0 Å². The number of aromatic hydroxyl groups is 2. The average molecular weight is 179 g/mol. The van der Waals surface area contributed by atoms with Crippen molar-refractivity contribution in [2.45, 2.75) is 25.3 Å². The van der Waals surface area contributed by atoms with Crippen molar-refractivity contribution in [1.82, 2.24) is 0 Å². The molecule has 0 aromatic heterocycles. The fourth-order valence-electron chi connectivity index (χ4n) is 1.88. The number of hydrogen-bond donors (Lipinski definition) is 3. The molecular weight excluding hydrogens is 166 g/mol. The molecule has 0 unspecified atom stereocenters. The number of phenols is 2. The van der Waals surface area contributed by atoms with Crippen LogP contribution in [-0.4, -0.2) is 16.3 Å². The van der Waals surface area contributed by atoms with Gasteiger partial charge in [-0.3, -0.25) is 0 Å². The number of hydrogen-bond acceptors (Lipinski definition) is 3. The van der Waals surface area contributed by atoms with Gasteiger partial charge in [0, 0.05) is 12.1 Å². The summed E-state index contributed by atoms with van der Waals surface area (Å²) in [4.78, 5) is 0. The predicted octanol–water partition coefficient (Wildman–Crippen LogP) is 0.914. The van der Waals surface area contributed by atoms with Crippen LogP contribution < -0.4 is 5.73 Å². The van der Waals surface area contributed by atoms with Crippen molar-refractivity contribution in [3.63, 3.8) is 0 Å². The molecule has 70 valence electrons. The fraction of sp³-hybridized carbons (Fsp3) is 0.400. The summed E-state index contributed by atoms with van der Waals surface area (Å²) < 4.78 is 0. The molecule has 0 saturated carbocycles. The second kappa shape index (κ2) is 2.92. The van der Waals surface area contributed by atoms with E-state index in [2.05, 4.69) is 0 Å². The van der Waals surface area contributed by atoms with E-state index in [4.69, 9.17) is 5.73 Å². The fourth-order valence-corrected chi connectivity index (χ4v) is 1.88. The molecule has 1 aliphatic carbocycles. The maximum Gasteiger partial charge on any atom is 0.122 e. The molecule has 0 heterocycles. The lowest BCUT2D eigenvalue weighted by Gasteiger charge is -2.22. The topological polar surface area (TPSA) is 66.5 Å². The van der Waals surface area contributed by atoms with E-state index in [-0.39, 0.29) is 17.5 Å². The Labute approximate surface area is 76.8 Å². The van der Waals surface area contributed by atoms with Gasteiger partial charge in [0.25, 0.3) is 0 Å². The minimum Gasteiger partial charge on any atom is -0.508 e. The monoisotopic (exact) mass is 179 g/mol. The van der Waals surface area contributed by atoms with Gasteiger partial charge in [-0.15, -0.1) is 0 Å². The highest BCUT2D eigenvalue weighted by Crippen LogP contribution is 2.32. The third-order valence-electron chi connectivity index (χ3n) is 2.55. The van der Waals surface area contributed by atoms with Crippen LogP contribution in [0, 0.1) is 0 Å². The van der Waals surface area contributed by atoms with Gasteiger partial charge in [-0.25, -0.2) is 0 Å². The minimum absolute atomic E-state index is 0.116. The summed E-state index contributed by atoms with van der Waals surface area (Å²) in [6.45, 7) is 0. The van der Waals surface area contributed by atoms with Gasteiger partial charge < -0.3 is 15.9 Å². The Hall–Kier alpha value is -1.22. The van der Waals surface area contributed by atoms with Crippen molar-refractivity contribution >= 4 is 0 Å². The molecule has 0 bridgehead atoms. The SMILES string of the molecule is N[C@@H]1CCc2c(O)cc(O)cc2C1. The first-order valence-electron chi connectivity index (χ1n) is 4.46. The lowest BCUT2D eigenvalue weighted by molar-refractivity contribution is 0.436. The minimum atomic E-state index is 0.116. The second-order valence-corrected chi connectivity index (χ2v) is 3.61. The lowest BCUT2D eigenvalue weighted by atomic mass is 9.88. The Bertz CT molecular complexity index is 336. The van der Waals surface area contributed by atoms with Gasteiger partial charge in [-0.1, -0.05) is 0 Å². The molecule has 0 radical (unpaired) electrons. The third kappa shape index (κ3) is 1.47. The molecule has 0 spiro atoms. The molecule has 13 heavy (non-hydrogen) atoms. The standard InChI is InChI=1S/C10H13NO2/c11-7-1-2-9-6(3-7)4-8(12)5-10(9)13/h4-5,7,12-13H,1-3,11H2/t7-/m1/s1. The molecule has 4 N–H and O–H groups in total. The van der Waals surface area contributed by atoms with Crippen molar-refractivity contribution in [3.8, 4) is 11.5 Å². The van der Waals surface area contributed by atoms with E-state index >= 15 is 0 Å². The smallest absolute Gasteiger partial charge is 0.122 e. The summed E-state index contributed by atoms with van der Waals surface area (Å²) in [5.41, 5.74) is 7.71. The molecule has 1 atom stereocenters. The van der Waals surface area contributed by atoms with Crippen LogP contribution in [-0.2, 0) is 12.8 Å². The average Bonchev–Trinajstić information content (AvgIpc) is 2.02. The molecule has 3 heteroatoms. The Morgan fingerprint density at radius 1 is 1.31 bits per heavy atom. The lowest BCUT2D eigenvalue weighted by Crippen LogP contribution is -2.27. The second-order valence-electron chi connectivity index (χ2n) is 3.61. The zero-order valence-corrected chi connectivity index (χ0v) is 7.33. The quantitative estimate of drug-likeness (QED) is 0.554. The van der Waals surface area contributed by atoms with E-state index < -0.39 is 0 Å². The molecule has 0 amide bonds. The number of nitrogens with two attached hydrogens (primary N) is 1. The Kier molecular flexibility index (Phi) is 1.88. The van der Waals surface area contributed by atoms with Crippen LogP contribution >= 0.6 is 0 Å². The van der Waals surface area contributed by atoms with E-state index in [0.717, 1.165) is 30.4 Å². The largest absolute Gasteiger partial charge is 0.508 e. The third-order valence-corrected chi connectivity index (χ3v) is 2.55. The number of phenolic OH excluding ortho intramolecular Hbond substituents is 2. The summed E-state index contributed by atoms with van der Waals surface area (Å²) >= 11 is 0. The Morgan fingerprint density at radius 2 is 2.08 bits per heavy atom. The highest BCUT2D eigenvalue weighted by atomic mass is 16.3. The Morgan fingerprint density at radius 3 is 2.85 bits per heavy atom. The van der Waals surface area contributed by atoms with E-state index in [1.54, 1.807) is 6.07 Å². The molecule has 1 aromatic rings. The van der Waals surface area contributed by atoms with Gasteiger partial charge in [0.2, 0.25) is 0 Å². The molecule has 0 aliphatic heterocycles. The van der Waals surface area contributed by atoms with Gasteiger partial charge in [-0.2, -0.15) is 0 Å². The van der Waals surface area contributed by atoms with Crippen LogP contribution in [0.4, 0.5) is 0 Å². The first-order valence-corrected chi connectivity index (χ1v) is 4.46. The van der Waals surface area contributed by atoms with E-state index in [1.165, 1.54) is 6.07 Å². The van der Waals surface area contributed by atoms with Gasteiger partial charge in [0.05, 0.1) is 0 Å². The van der Waals surface area contributed by atoms with Gasteiger partial charge >= 0.3 is 0 Å². The molecule has 1 aliphatic rings. The van der Waals surface area contributed by atoms with E-state index in [9.17, 15) is 10.2 Å². The number of benzene rings is 1. The maximum absolute atomic E-state index is 9.52. The normalized spacial score (nSPS) is 21.2. The zero-order chi connectivity index (χ0) is 9.42. The first-order chi connectivity index (χ1) is 6.16. The summed E-state index contributed by atoms with van der Waals surface area (Å²) in [5.74, 6) is 0.312. The van der Waals surface area contributed by atoms with Crippen molar-refractivity contribution in [2.24, 2.45) is 5.73 Å². The molecule has 0 fully saturated rings. The van der Waals surface area contributed by atoms with Crippen molar-refractivity contribution in [2.75, 3.05) is 0 Å². The molecule has 0 saturated heterocycles. The van der Waals surface area contributed by atoms with E-state index in [0.29, 0.717) is 0 Å². The first kappa shape index (κ1) is 8.38. The Balaban J connectivity index is 2.47. The van der Waals surface area contributed by atoms with Crippen LogP contribution in [0.15, 0.2) is 12.1 Å². The zero-order valence-electron chi connectivity index (χ0n) is 7.33. The summed E-state index contributed by atoms with van der Waals surface area (Å²) in [5, 5.41) is 18.8. The van der Waals surface area contributed by atoms with Crippen LogP contribution in [0.1, 0.15) is 17.5 Å². The van der Waals surface area contributed by atoms with Crippen LogP contribution in [0.5, 0.6) is 11.5 Å². The number of rotatable bonds is 0. The molecule has 3 nitrogen and oxygen atoms in total.